The highest BCUT2D eigenvalue weighted by atomic mass is 35.5. The van der Waals surface area contributed by atoms with Crippen molar-refractivity contribution >= 4 is 23.3 Å². The summed E-state index contributed by atoms with van der Waals surface area (Å²) in [6.45, 7) is 2.39. The summed E-state index contributed by atoms with van der Waals surface area (Å²) in [5, 5.41) is 10.7. The van der Waals surface area contributed by atoms with Crippen LogP contribution in [-0.4, -0.2) is 41.0 Å². The van der Waals surface area contributed by atoms with Gasteiger partial charge in [0, 0.05) is 18.2 Å². The smallest absolute Gasteiger partial charge is 0.290 e. The Bertz CT molecular complexity index is 662. The minimum Gasteiger partial charge on any atom is -0.503 e. The third-order valence-electron chi connectivity index (χ3n) is 4.29. The first-order chi connectivity index (χ1) is 11.0. The number of ether oxygens (including phenoxy) is 1. The molecule has 0 aromatic heterocycles. The maximum atomic E-state index is 12.4. The van der Waals surface area contributed by atoms with Gasteiger partial charge in [0.15, 0.2) is 11.5 Å². The Hall–Kier alpha value is -1.85. The van der Waals surface area contributed by atoms with E-state index in [0.717, 1.165) is 18.4 Å². The Labute approximate surface area is 139 Å². The van der Waals surface area contributed by atoms with Gasteiger partial charge in [-0.3, -0.25) is 9.59 Å². The van der Waals surface area contributed by atoms with Gasteiger partial charge in [0.2, 0.25) is 0 Å². The lowest BCUT2D eigenvalue weighted by Gasteiger charge is -2.28. The molecule has 2 aliphatic heterocycles. The van der Waals surface area contributed by atoms with Crippen LogP contribution in [0.1, 0.15) is 31.4 Å². The summed E-state index contributed by atoms with van der Waals surface area (Å²) in [6.07, 6.45) is 1.76. The van der Waals surface area contributed by atoms with Crippen LogP contribution in [-0.2, 0) is 14.3 Å². The second-order valence-corrected chi connectivity index (χ2v) is 6.30. The molecule has 6 heteroatoms. The minimum atomic E-state index is -0.596. The maximum absolute atomic E-state index is 12.4. The van der Waals surface area contributed by atoms with Gasteiger partial charge in [-0.05, 0) is 37.5 Å². The van der Waals surface area contributed by atoms with Crippen molar-refractivity contribution in [3.8, 4) is 0 Å². The molecule has 1 amide bonds. The topological polar surface area (TPSA) is 66.8 Å². The van der Waals surface area contributed by atoms with Crippen LogP contribution in [0.4, 0.5) is 0 Å². The molecule has 2 heterocycles. The Balaban J connectivity index is 1.98. The lowest BCUT2D eigenvalue weighted by Crippen LogP contribution is -2.37. The predicted octanol–water partition coefficient (Wildman–Crippen LogP) is 2.80. The van der Waals surface area contributed by atoms with E-state index < -0.39 is 17.7 Å². The van der Waals surface area contributed by atoms with Gasteiger partial charge in [-0.1, -0.05) is 23.7 Å². The number of hydrogen-bond acceptors (Lipinski definition) is 4. The van der Waals surface area contributed by atoms with Crippen LogP contribution in [0.25, 0.3) is 0 Å². The number of aliphatic hydroxyl groups is 1. The van der Waals surface area contributed by atoms with E-state index in [0.29, 0.717) is 18.2 Å². The number of Topliss-reactive ketones (excluding diaryl/α,β-unsaturated/α-hetero) is 1. The zero-order valence-electron chi connectivity index (χ0n) is 12.8. The molecule has 2 atom stereocenters. The van der Waals surface area contributed by atoms with Crippen molar-refractivity contribution in [2.24, 2.45) is 0 Å². The van der Waals surface area contributed by atoms with Crippen molar-refractivity contribution in [3.63, 3.8) is 0 Å². The molecule has 122 valence electrons. The molecule has 1 aromatic rings. The Kier molecular flexibility index (Phi) is 4.41. The predicted molar refractivity (Wildman–Crippen MR) is 85.2 cm³/mol. The van der Waals surface area contributed by atoms with Crippen LogP contribution in [0.2, 0.25) is 5.02 Å². The zero-order valence-corrected chi connectivity index (χ0v) is 13.5. The Morgan fingerprint density at radius 3 is 2.65 bits per heavy atom. The fraction of sp³-hybridized carbons (Fsp3) is 0.412. The summed E-state index contributed by atoms with van der Waals surface area (Å²) in [5.74, 6) is -1.30. The van der Waals surface area contributed by atoms with E-state index in [2.05, 4.69) is 0 Å². The van der Waals surface area contributed by atoms with Gasteiger partial charge in [-0.25, -0.2) is 0 Å². The number of benzene rings is 1. The van der Waals surface area contributed by atoms with Crippen molar-refractivity contribution in [1.29, 1.82) is 0 Å². The monoisotopic (exact) mass is 335 g/mol. The van der Waals surface area contributed by atoms with E-state index in [1.54, 1.807) is 24.3 Å². The fourth-order valence-corrected chi connectivity index (χ4v) is 3.33. The van der Waals surface area contributed by atoms with Gasteiger partial charge in [0.25, 0.3) is 5.91 Å². The van der Waals surface area contributed by atoms with Crippen molar-refractivity contribution in [1.82, 2.24) is 4.90 Å². The lowest BCUT2D eigenvalue weighted by molar-refractivity contribution is -0.131. The SMILES string of the molecule is CC(=O)C1=C(O)C(=O)N(C[C@H]2CCCO2)[C@H]1c1ccc(Cl)cc1. The highest BCUT2D eigenvalue weighted by molar-refractivity contribution is 6.30. The quantitative estimate of drug-likeness (QED) is 0.918. The molecule has 1 N–H and O–H groups in total. The molecule has 23 heavy (non-hydrogen) atoms. The maximum Gasteiger partial charge on any atom is 0.290 e. The van der Waals surface area contributed by atoms with Crippen LogP contribution in [0.5, 0.6) is 0 Å². The second-order valence-electron chi connectivity index (χ2n) is 5.87. The van der Waals surface area contributed by atoms with Crippen LogP contribution < -0.4 is 0 Å². The average Bonchev–Trinajstić information content (AvgIpc) is 3.10. The first-order valence-corrected chi connectivity index (χ1v) is 7.99. The minimum absolute atomic E-state index is 0.0622. The number of hydrogen-bond donors (Lipinski definition) is 1. The summed E-state index contributed by atoms with van der Waals surface area (Å²) < 4.78 is 5.60. The molecular weight excluding hydrogens is 318 g/mol. The molecule has 2 aliphatic rings. The molecule has 1 saturated heterocycles. The first-order valence-electron chi connectivity index (χ1n) is 7.61. The number of nitrogens with zero attached hydrogens (tertiary/aromatic N) is 1. The molecular formula is C17H18ClNO4. The number of halogens is 1. The van der Waals surface area contributed by atoms with E-state index in [1.165, 1.54) is 11.8 Å². The summed E-state index contributed by atoms with van der Waals surface area (Å²) in [7, 11) is 0. The summed E-state index contributed by atoms with van der Waals surface area (Å²) in [6, 6.07) is 6.35. The van der Waals surface area contributed by atoms with Crippen LogP contribution >= 0.6 is 11.6 Å². The van der Waals surface area contributed by atoms with E-state index >= 15 is 0 Å². The van der Waals surface area contributed by atoms with Crippen LogP contribution in [0.15, 0.2) is 35.6 Å². The van der Waals surface area contributed by atoms with E-state index in [9.17, 15) is 14.7 Å². The van der Waals surface area contributed by atoms with Crippen LogP contribution in [0, 0.1) is 0 Å². The highest BCUT2D eigenvalue weighted by Crippen LogP contribution is 2.38. The lowest BCUT2D eigenvalue weighted by atomic mass is 9.96. The molecule has 0 spiro atoms. The molecule has 0 saturated carbocycles. The number of ketones is 1. The van der Waals surface area contributed by atoms with Crippen molar-refractivity contribution < 1.29 is 19.4 Å². The number of rotatable bonds is 4. The highest BCUT2D eigenvalue weighted by Gasteiger charge is 2.43. The molecule has 0 aliphatic carbocycles. The number of aliphatic hydroxyl groups excluding tert-OH is 1. The first kappa shape index (κ1) is 16.0. The summed E-state index contributed by atoms with van der Waals surface area (Å²) in [5.41, 5.74) is 0.880. The summed E-state index contributed by atoms with van der Waals surface area (Å²) in [4.78, 5) is 25.9. The van der Waals surface area contributed by atoms with Gasteiger partial charge in [-0.15, -0.1) is 0 Å². The van der Waals surface area contributed by atoms with E-state index in [4.69, 9.17) is 16.3 Å². The van der Waals surface area contributed by atoms with Crippen molar-refractivity contribution in [2.45, 2.75) is 31.9 Å². The standard InChI is InChI=1S/C17H18ClNO4/c1-10(20)14-15(11-4-6-12(18)7-5-11)19(17(22)16(14)21)9-13-3-2-8-23-13/h4-7,13,15,21H,2-3,8-9H2,1H3/t13-,15+/m1/s1. The molecule has 0 unspecified atom stereocenters. The van der Waals surface area contributed by atoms with Gasteiger partial charge in [-0.2, -0.15) is 0 Å². The van der Waals surface area contributed by atoms with E-state index in [1.807, 2.05) is 0 Å². The molecule has 5 nitrogen and oxygen atoms in total. The average molecular weight is 336 g/mol. The van der Waals surface area contributed by atoms with Crippen molar-refractivity contribution in [3.05, 3.63) is 46.2 Å². The summed E-state index contributed by atoms with van der Waals surface area (Å²) >= 11 is 5.92. The second kappa shape index (κ2) is 6.34. The number of carbonyl (C=O) groups excluding carboxylic acids is 2. The zero-order chi connectivity index (χ0) is 16.6. The van der Waals surface area contributed by atoms with Gasteiger partial charge in [0.05, 0.1) is 17.7 Å². The van der Waals surface area contributed by atoms with Gasteiger partial charge in [0.1, 0.15) is 0 Å². The normalized spacial score (nSPS) is 24.6. The van der Waals surface area contributed by atoms with E-state index in [-0.39, 0.29) is 17.5 Å². The van der Waals surface area contributed by atoms with Gasteiger partial charge < -0.3 is 14.7 Å². The third kappa shape index (κ3) is 2.99. The third-order valence-corrected chi connectivity index (χ3v) is 4.55. The molecule has 0 bridgehead atoms. The molecule has 3 rings (SSSR count). The van der Waals surface area contributed by atoms with Gasteiger partial charge >= 0.3 is 0 Å². The molecule has 1 aromatic carbocycles. The molecule has 1 fully saturated rings. The number of amides is 1. The van der Waals surface area contributed by atoms with Crippen LogP contribution in [0.3, 0.4) is 0 Å². The molecule has 0 radical (unpaired) electrons. The largest absolute Gasteiger partial charge is 0.503 e. The van der Waals surface area contributed by atoms with Crippen molar-refractivity contribution in [2.75, 3.05) is 13.2 Å². The Morgan fingerprint density at radius 2 is 2.09 bits per heavy atom. The Morgan fingerprint density at radius 1 is 1.39 bits per heavy atom. The number of carbonyl (C=O) groups is 2. The fourth-order valence-electron chi connectivity index (χ4n) is 3.20.